The molecular weight excluding hydrogens is 331 g/mol. The van der Waals surface area contributed by atoms with Crippen LogP contribution in [0.1, 0.15) is 43.9 Å². The van der Waals surface area contributed by atoms with E-state index in [1.54, 1.807) is 0 Å². The summed E-state index contributed by atoms with van der Waals surface area (Å²) in [4.78, 5) is 2.93. The molecule has 0 bridgehead atoms. The molecule has 0 aliphatic carbocycles. The molecule has 1 aromatic carbocycles. The molecule has 132 valence electrons. The summed E-state index contributed by atoms with van der Waals surface area (Å²) >= 11 is 0. The molecule has 1 aromatic heterocycles. The maximum Gasteiger partial charge on any atom is 0.418 e. The summed E-state index contributed by atoms with van der Waals surface area (Å²) in [5.74, 6) is 0.367. The summed E-state index contributed by atoms with van der Waals surface area (Å²) in [5.41, 5.74) is -0.952. The van der Waals surface area contributed by atoms with Crippen LogP contribution in [-0.2, 0) is 6.18 Å². The van der Waals surface area contributed by atoms with E-state index >= 15 is 0 Å². The average Bonchev–Trinajstić information content (AvgIpc) is 3.05. The van der Waals surface area contributed by atoms with Crippen LogP contribution < -0.4 is 4.90 Å². The SMILES string of the molecule is CCC1CCCCN1c1nn(-c2ccccc2C(F)(F)F)nc1C#N. The quantitative estimate of drug-likeness (QED) is 0.842. The van der Waals surface area contributed by atoms with Crippen molar-refractivity contribution in [1.82, 2.24) is 15.0 Å². The van der Waals surface area contributed by atoms with Crippen LogP contribution in [0, 0.1) is 11.3 Å². The number of nitriles is 1. The fourth-order valence-electron chi connectivity index (χ4n) is 3.26. The van der Waals surface area contributed by atoms with E-state index in [0.29, 0.717) is 5.82 Å². The molecule has 0 N–H and O–H groups in total. The number of rotatable bonds is 3. The number of alkyl halides is 3. The predicted octanol–water partition coefficient (Wildman–Crippen LogP) is 3.93. The third-order valence-corrected chi connectivity index (χ3v) is 4.50. The second-order valence-corrected chi connectivity index (χ2v) is 6.04. The molecule has 25 heavy (non-hydrogen) atoms. The number of piperidine rings is 1. The molecule has 3 rings (SSSR count). The van der Waals surface area contributed by atoms with Gasteiger partial charge in [-0.2, -0.15) is 18.4 Å². The minimum atomic E-state index is -4.52. The minimum Gasteiger partial charge on any atom is -0.350 e. The van der Waals surface area contributed by atoms with Crippen molar-refractivity contribution >= 4 is 5.82 Å². The van der Waals surface area contributed by atoms with Gasteiger partial charge in [-0.15, -0.1) is 15.0 Å². The monoisotopic (exact) mass is 349 g/mol. The van der Waals surface area contributed by atoms with E-state index in [-0.39, 0.29) is 17.4 Å². The van der Waals surface area contributed by atoms with Gasteiger partial charge >= 0.3 is 6.18 Å². The number of anilines is 1. The molecular formula is C17H18F3N5. The van der Waals surface area contributed by atoms with Crippen LogP contribution in [0.15, 0.2) is 24.3 Å². The van der Waals surface area contributed by atoms with Crippen molar-refractivity contribution < 1.29 is 13.2 Å². The van der Waals surface area contributed by atoms with Gasteiger partial charge in [0.2, 0.25) is 5.69 Å². The lowest BCUT2D eigenvalue weighted by Gasteiger charge is -2.35. The molecule has 0 radical (unpaired) electrons. The largest absolute Gasteiger partial charge is 0.418 e. The highest BCUT2D eigenvalue weighted by molar-refractivity contribution is 5.52. The number of hydrogen-bond acceptors (Lipinski definition) is 4. The summed E-state index contributed by atoms with van der Waals surface area (Å²) < 4.78 is 39.8. The maximum atomic E-state index is 13.3. The molecule has 1 atom stereocenters. The Bertz CT molecular complexity index is 790. The van der Waals surface area contributed by atoms with E-state index in [1.807, 2.05) is 11.0 Å². The fraction of sp³-hybridized carbons (Fsp3) is 0.471. The van der Waals surface area contributed by atoms with Crippen LogP contribution in [0.5, 0.6) is 0 Å². The van der Waals surface area contributed by atoms with E-state index < -0.39 is 11.7 Å². The number of para-hydroxylation sites is 1. The van der Waals surface area contributed by atoms with Crippen molar-refractivity contribution in [2.24, 2.45) is 0 Å². The minimum absolute atomic E-state index is 0.0531. The van der Waals surface area contributed by atoms with Crippen molar-refractivity contribution in [1.29, 1.82) is 5.26 Å². The topological polar surface area (TPSA) is 57.7 Å². The summed E-state index contributed by atoms with van der Waals surface area (Å²) in [7, 11) is 0. The van der Waals surface area contributed by atoms with Crippen molar-refractivity contribution in [3.8, 4) is 11.8 Å². The molecule has 1 aliphatic rings. The molecule has 5 nitrogen and oxygen atoms in total. The number of aromatic nitrogens is 3. The number of nitrogens with zero attached hydrogens (tertiary/aromatic N) is 5. The first-order valence-electron chi connectivity index (χ1n) is 8.26. The Hall–Kier alpha value is -2.56. The lowest BCUT2D eigenvalue weighted by molar-refractivity contribution is -0.137. The first-order valence-corrected chi connectivity index (χ1v) is 8.26. The Morgan fingerprint density at radius 1 is 1.24 bits per heavy atom. The summed E-state index contributed by atoms with van der Waals surface area (Å²) in [6.07, 6.45) is -0.589. The second-order valence-electron chi connectivity index (χ2n) is 6.04. The number of benzene rings is 1. The molecule has 2 heterocycles. The molecule has 0 spiro atoms. The third-order valence-electron chi connectivity index (χ3n) is 4.50. The van der Waals surface area contributed by atoms with Gasteiger partial charge in [0.25, 0.3) is 0 Å². The van der Waals surface area contributed by atoms with Crippen LogP contribution in [0.4, 0.5) is 19.0 Å². The first kappa shape index (κ1) is 17.3. The Morgan fingerprint density at radius 2 is 2.00 bits per heavy atom. The Labute approximate surface area is 143 Å². The van der Waals surface area contributed by atoms with Gasteiger partial charge in [-0.3, -0.25) is 0 Å². The molecule has 2 aromatic rings. The van der Waals surface area contributed by atoms with Crippen molar-refractivity contribution in [3.63, 3.8) is 0 Å². The van der Waals surface area contributed by atoms with Gasteiger partial charge in [0.05, 0.1) is 11.3 Å². The zero-order valence-corrected chi connectivity index (χ0v) is 13.8. The highest BCUT2D eigenvalue weighted by Crippen LogP contribution is 2.34. The summed E-state index contributed by atoms with van der Waals surface area (Å²) in [6.45, 7) is 2.78. The molecule has 1 saturated heterocycles. The Balaban J connectivity index is 2.07. The van der Waals surface area contributed by atoms with Gasteiger partial charge in [-0.05, 0) is 37.8 Å². The maximum absolute atomic E-state index is 13.3. The van der Waals surface area contributed by atoms with E-state index in [9.17, 15) is 18.4 Å². The summed E-state index contributed by atoms with van der Waals surface area (Å²) in [5, 5.41) is 17.7. The van der Waals surface area contributed by atoms with Crippen LogP contribution in [-0.4, -0.2) is 27.6 Å². The van der Waals surface area contributed by atoms with Gasteiger partial charge in [0, 0.05) is 12.6 Å². The van der Waals surface area contributed by atoms with E-state index in [1.165, 1.54) is 18.2 Å². The normalized spacial score (nSPS) is 18.2. The molecule has 0 amide bonds. The lowest BCUT2D eigenvalue weighted by atomic mass is 10.00. The van der Waals surface area contributed by atoms with Crippen LogP contribution in [0.3, 0.4) is 0 Å². The molecule has 1 fully saturated rings. The zero-order chi connectivity index (χ0) is 18.0. The molecule has 1 unspecified atom stereocenters. The highest BCUT2D eigenvalue weighted by atomic mass is 19.4. The Morgan fingerprint density at radius 3 is 2.68 bits per heavy atom. The van der Waals surface area contributed by atoms with E-state index in [4.69, 9.17) is 0 Å². The van der Waals surface area contributed by atoms with Crippen LogP contribution in [0.2, 0.25) is 0 Å². The lowest BCUT2D eigenvalue weighted by Crippen LogP contribution is -2.39. The standard InChI is InChI=1S/C17H18F3N5/c1-2-12-7-5-6-10-24(12)16-14(11-21)22-25(23-16)15-9-4-3-8-13(15)17(18,19)20/h3-4,8-9,12H,2,5-7,10H2,1H3. The number of hydrogen-bond donors (Lipinski definition) is 0. The Kier molecular flexibility index (Phi) is 4.66. The average molecular weight is 349 g/mol. The van der Waals surface area contributed by atoms with Crippen LogP contribution in [0.25, 0.3) is 5.69 Å². The first-order chi connectivity index (χ1) is 12.0. The van der Waals surface area contributed by atoms with Crippen molar-refractivity contribution in [2.45, 2.75) is 44.8 Å². The summed E-state index contributed by atoms with van der Waals surface area (Å²) in [6, 6.07) is 7.30. The van der Waals surface area contributed by atoms with Crippen LogP contribution >= 0.6 is 0 Å². The number of halogens is 3. The van der Waals surface area contributed by atoms with Gasteiger partial charge in [0.15, 0.2) is 5.82 Å². The fourth-order valence-corrected chi connectivity index (χ4v) is 3.26. The molecule has 1 aliphatic heterocycles. The van der Waals surface area contributed by atoms with Gasteiger partial charge in [0.1, 0.15) is 6.07 Å². The highest BCUT2D eigenvalue weighted by Gasteiger charge is 2.35. The van der Waals surface area contributed by atoms with E-state index in [0.717, 1.165) is 43.1 Å². The van der Waals surface area contributed by atoms with Gasteiger partial charge < -0.3 is 4.90 Å². The van der Waals surface area contributed by atoms with Gasteiger partial charge in [-0.1, -0.05) is 19.1 Å². The third kappa shape index (κ3) is 3.31. The van der Waals surface area contributed by atoms with Crippen molar-refractivity contribution in [3.05, 3.63) is 35.5 Å². The second kappa shape index (κ2) is 6.75. The molecule has 0 saturated carbocycles. The smallest absolute Gasteiger partial charge is 0.350 e. The van der Waals surface area contributed by atoms with Crippen molar-refractivity contribution in [2.75, 3.05) is 11.4 Å². The molecule has 8 heteroatoms. The van der Waals surface area contributed by atoms with Gasteiger partial charge in [-0.25, -0.2) is 0 Å². The predicted molar refractivity (Wildman–Crippen MR) is 86.4 cm³/mol. The van der Waals surface area contributed by atoms with E-state index in [2.05, 4.69) is 17.1 Å². The zero-order valence-electron chi connectivity index (χ0n) is 13.8.